The lowest BCUT2D eigenvalue weighted by atomic mass is 9.96. The van der Waals surface area contributed by atoms with Crippen molar-refractivity contribution in [3.05, 3.63) is 40.7 Å². The predicted molar refractivity (Wildman–Crippen MR) is 60.6 cm³/mol. The van der Waals surface area contributed by atoms with Gasteiger partial charge in [-0.25, -0.2) is 0 Å². The molecule has 0 fully saturated rings. The topological polar surface area (TPSA) is 40.7 Å². The lowest BCUT2D eigenvalue weighted by Gasteiger charge is -2.20. The highest BCUT2D eigenvalue weighted by Crippen LogP contribution is 2.34. The van der Waals surface area contributed by atoms with Crippen molar-refractivity contribution in [3.8, 4) is 0 Å². The molecule has 1 aromatic carbocycles. The average molecular weight is 199 g/mol. The number of aromatic amines is 1. The average Bonchev–Trinajstić information content (AvgIpc) is 2.68. The van der Waals surface area contributed by atoms with E-state index in [0.29, 0.717) is 0 Å². The predicted octanol–water partition coefficient (Wildman–Crippen LogP) is 2.67. The summed E-state index contributed by atoms with van der Waals surface area (Å²) in [7, 11) is 0. The van der Waals surface area contributed by atoms with E-state index >= 15 is 0 Å². The second-order valence-electron chi connectivity index (χ2n) is 4.11. The fourth-order valence-electron chi connectivity index (χ4n) is 2.07. The molecule has 0 aliphatic carbocycles. The van der Waals surface area contributed by atoms with Gasteiger partial charge in [-0.1, -0.05) is 12.1 Å². The zero-order valence-corrected chi connectivity index (χ0v) is 8.89. The summed E-state index contributed by atoms with van der Waals surface area (Å²) < 4.78 is 0. The normalized spacial score (nSPS) is 12.9. The van der Waals surface area contributed by atoms with E-state index in [2.05, 4.69) is 41.5 Å². The van der Waals surface area contributed by atoms with E-state index in [-0.39, 0.29) is 0 Å². The van der Waals surface area contributed by atoms with Crippen LogP contribution < -0.4 is 5.32 Å². The molecule has 1 aliphatic rings. The summed E-state index contributed by atoms with van der Waals surface area (Å²) in [6, 6.07) is 4.37. The second kappa shape index (κ2) is 2.86. The Morgan fingerprint density at radius 3 is 3.00 bits per heavy atom. The molecule has 0 saturated carbocycles. The van der Waals surface area contributed by atoms with E-state index in [1.54, 1.807) is 0 Å². The van der Waals surface area contributed by atoms with Gasteiger partial charge in [0.05, 0.1) is 17.6 Å². The maximum atomic E-state index is 4.05. The Balaban J connectivity index is 2.17. The molecule has 0 atom stereocenters. The van der Waals surface area contributed by atoms with Gasteiger partial charge >= 0.3 is 0 Å². The number of nitrogens with zero attached hydrogens (tertiary/aromatic N) is 1. The van der Waals surface area contributed by atoms with Crippen molar-refractivity contribution in [2.45, 2.75) is 20.3 Å². The van der Waals surface area contributed by atoms with Crippen LogP contribution in [0.2, 0.25) is 0 Å². The Morgan fingerprint density at radius 2 is 2.13 bits per heavy atom. The zero-order valence-electron chi connectivity index (χ0n) is 8.89. The van der Waals surface area contributed by atoms with Gasteiger partial charge in [-0.05, 0) is 30.5 Å². The lowest BCUT2D eigenvalue weighted by Crippen LogP contribution is -2.07. The summed E-state index contributed by atoms with van der Waals surface area (Å²) in [5, 5.41) is 10.5. The Morgan fingerprint density at radius 1 is 1.27 bits per heavy atom. The molecule has 15 heavy (non-hydrogen) atoms. The Bertz CT molecular complexity index is 526. The van der Waals surface area contributed by atoms with Crippen molar-refractivity contribution in [2.24, 2.45) is 0 Å². The first-order valence-electron chi connectivity index (χ1n) is 5.14. The van der Waals surface area contributed by atoms with Crippen molar-refractivity contribution in [3.63, 3.8) is 0 Å². The van der Waals surface area contributed by atoms with Gasteiger partial charge in [-0.3, -0.25) is 5.10 Å². The van der Waals surface area contributed by atoms with Gasteiger partial charge in [0.25, 0.3) is 0 Å². The van der Waals surface area contributed by atoms with Gasteiger partial charge in [0.1, 0.15) is 0 Å². The van der Waals surface area contributed by atoms with Crippen LogP contribution in [0, 0.1) is 13.8 Å². The number of fused-ring (bicyclic) bond motifs is 2. The Labute approximate surface area is 88.5 Å². The van der Waals surface area contributed by atoms with E-state index in [4.69, 9.17) is 0 Å². The van der Waals surface area contributed by atoms with Gasteiger partial charge in [-0.15, -0.1) is 0 Å². The molecule has 0 bridgehead atoms. The summed E-state index contributed by atoms with van der Waals surface area (Å²) in [6.45, 7) is 4.30. The smallest absolute Gasteiger partial charge is 0.0804 e. The number of rotatable bonds is 0. The van der Waals surface area contributed by atoms with E-state index < -0.39 is 0 Å². The first kappa shape index (κ1) is 8.53. The third-order valence-electron chi connectivity index (χ3n) is 3.17. The van der Waals surface area contributed by atoms with Crippen LogP contribution in [0.5, 0.6) is 0 Å². The molecule has 2 N–H and O–H groups in total. The van der Waals surface area contributed by atoms with Gasteiger partial charge in [0.2, 0.25) is 0 Å². The van der Waals surface area contributed by atoms with Crippen LogP contribution in [0.1, 0.15) is 22.4 Å². The standard InChI is InChI=1S/C12H13N3/c1-7-3-4-9-5-10-11(6-13-15-10)14-12(9)8(7)2/h3-4,6,14H,5H2,1-2H3,(H,13,15). The van der Waals surface area contributed by atoms with Crippen LogP contribution in [-0.4, -0.2) is 10.2 Å². The third-order valence-corrected chi connectivity index (χ3v) is 3.17. The number of hydrogen-bond donors (Lipinski definition) is 2. The molecule has 0 unspecified atom stereocenters. The molecule has 0 saturated heterocycles. The molecule has 2 heterocycles. The molecular formula is C12H13N3. The first-order valence-corrected chi connectivity index (χ1v) is 5.14. The van der Waals surface area contributed by atoms with Crippen molar-refractivity contribution in [1.82, 2.24) is 10.2 Å². The van der Waals surface area contributed by atoms with Crippen molar-refractivity contribution in [2.75, 3.05) is 5.32 Å². The minimum Gasteiger partial charge on any atom is -0.352 e. The summed E-state index contributed by atoms with van der Waals surface area (Å²) in [6.07, 6.45) is 2.79. The summed E-state index contributed by atoms with van der Waals surface area (Å²) in [5.74, 6) is 0. The van der Waals surface area contributed by atoms with E-state index in [0.717, 1.165) is 12.1 Å². The summed E-state index contributed by atoms with van der Waals surface area (Å²) in [5.41, 5.74) is 7.54. The molecule has 3 rings (SSSR count). The molecule has 2 aromatic rings. The number of nitrogens with one attached hydrogen (secondary N) is 2. The number of anilines is 2. The molecule has 3 heteroatoms. The van der Waals surface area contributed by atoms with Crippen LogP contribution in [-0.2, 0) is 6.42 Å². The first-order chi connectivity index (χ1) is 7.25. The quantitative estimate of drug-likeness (QED) is 0.584. The van der Waals surface area contributed by atoms with Crippen LogP contribution in [0.15, 0.2) is 18.3 Å². The molecule has 1 aromatic heterocycles. The molecule has 0 amide bonds. The number of aromatic nitrogens is 2. The lowest BCUT2D eigenvalue weighted by molar-refractivity contribution is 0.989. The van der Waals surface area contributed by atoms with Gasteiger partial charge < -0.3 is 5.32 Å². The molecule has 76 valence electrons. The number of benzene rings is 1. The highest BCUT2D eigenvalue weighted by molar-refractivity contribution is 5.73. The van der Waals surface area contributed by atoms with Crippen LogP contribution in [0.4, 0.5) is 11.4 Å². The number of hydrogen-bond acceptors (Lipinski definition) is 2. The molecule has 1 aliphatic heterocycles. The molecular weight excluding hydrogens is 186 g/mol. The fraction of sp³-hybridized carbons (Fsp3) is 0.250. The fourth-order valence-corrected chi connectivity index (χ4v) is 2.07. The minimum atomic E-state index is 0.943. The zero-order chi connectivity index (χ0) is 10.4. The van der Waals surface area contributed by atoms with Crippen LogP contribution in [0.3, 0.4) is 0 Å². The van der Waals surface area contributed by atoms with Crippen molar-refractivity contribution >= 4 is 11.4 Å². The minimum absolute atomic E-state index is 0.943. The largest absolute Gasteiger partial charge is 0.352 e. The maximum Gasteiger partial charge on any atom is 0.0804 e. The molecule has 3 nitrogen and oxygen atoms in total. The molecule has 0 spiro atoms. The van der Waals surface area contributed by atoms with Crippen LogP contribution >= 0.6 is 0 Å². The van der Waals surface area contributed by atoms with E-state index in [1.165, 1.54) is 28.1 Å². The number of aryl methyl sites for hydroxylation is 1. The van der Waals surface area contributed by atoms with E-state index in [9.17, 15) is 0 Å². The Kier molecular flexibility index (Phi) is 1.63. The van der Waals surface area contributed by atoms with Gasteiger partial charge in [0.15, 0.2) is 0 Å². The van der Waals surface area contributed by atoms with Crippen LogP contribution in [0.25, 0.3) is 0 Å². The molecule has 0 radical (unpaired) electrons. The highest BCUT2D eigenvalue weighted by atomic mass is 15.1. The monoisotopic (exact) mass is 199 g/mol. The Hall–Kier alpha value is -1.77. The summed E-state index contributed by atoms with van der Waals surface area (Å²) >= 11 is 0. The van der Waals surface area contributed by atoms with Crippen molar-refractivity contribution < 1.29 is 0 Å². The number of H-pyrrole nitrogens is 1. The van der Waals surface area contributed by atoms with Gasteiger partial charge in [-0.2, -0.15) is 5.10 Å². The second-order valence-corrected chi connectivity index (χ2v) is 4.11. The third kappa shape index (κ3) is 1.16. The van der Waals surface area contributed by atoms with Gasteiger partial charge in [0, 0.05) is 12.1 Å². The maximum absolute atomic E-state index is 4.05. The van der Waals surface area contributed by atoms with E-state index in [1.807, 2.05) is 6.20 Å². The SMILES string of the molecule is Cc1ccc2c(c1C)Nc1cn[nH]c1C2. The van der Waals surface area contributed by atoms with Crippen molar-refractivity contribution in [1.29, 1.82) is 0 Å². The summed E-state index contributed by atoms with van der Waals surface area (Å²) in [4.78, 5) is 0. The highest BCUT2D eigenvalue weighted by Gasteiger charge is 2.18.